The number of aromatic nitrogens is 2. The highest BCUT2D eigenvalue weighted by Gasteiger charge is 2.03. The zero-order valence-electron chi connectivity index (χ0n) is 12.4. The maximum atomic E-state index is 12.0. The Bertz CT molecular complexity index is 916. The zero-order chi connectivity index (χ0) is 15.7. The first kappa shape index (κ1) is 14.1. The number of aromatic hydroxyl groups is 1. The van der Waals surface area contributed by atoms with Gasteiger partial charge in [0.15, 0.2) is 0 Å². The highest BCUT2D eigenvalue weighted by atomic mass is 16.3. The first-order chi connectivity index (χ1) is 10.5. The summed E-state index contributed by atoms with van der Waals surface area (Å²) in [6.07, 6.45) is 3.52. The molecule has 0 bridgehead atoms. The number of benzene rings is 2. The van der Waals surface area contributed by atoms with Crippen LogP contribution in [0.3, 0.4) is 0 Å². The molecule has 0 saturated carbocycles. The number of phenols is 1. The minimum atomic E-state index is -0.220. The Morgan fingerprint density at radius 1 is 1.09 bits per heavy atom. The average Bonchev–Trinajstić information content (AvgIpc) is 2.50. The van der Waals surface area contributed by atoms with Crippen LogP contribution in [0, 0.1) is 13.8 Å². The number of H-pyrrole nitrogens is 1. The Kier molecular flexibility index (Phi) is 3.51. The van der Waals surface area contributed by atoms with Gasteiger partial charge in [0.25, 0.3) is 5.56 Å². The Morgan fingerprint density at radius 2 is 1.77 bits per heavy atom. The van der Waals surface area contributed by atoms with Crippen LogP contribution >= 0.6 is 0 Å². The Morgan fingerprint density at radius 3 is 2.50 bits per heavy atom. The summed E-state index contributed by atoms with van der Waals surface area (Å²) in [5.41, 5.74) is 4.15. The van der Waals surface area contributed by atoms with Crippen molar-refractivity contribution >= 4 is 23.2 Å². The molecule has 110 valence electrons. The standard InChI is InChI=1S/C18H16N2O2/c1-11-9-13(10-12(2)17(11)21)7-8-16-18(22)20-15-6-4-3-5-14(15)19-16/h3-10,21H,1-2H3,(H,20,22)/b8-7+. The van der Waals surface area contributed by atoms with Crippen molar-refractivity contribution in [3.05, 3.63) is 69.1 Å². The zero-order valence-corrected chi connectivity index (χ0v) is 12.4. The summed E-state index contributed by atoms with van der Waals surface area (Å²) in [6, 6.07) is 11.2. The molecular formula is C18H16N2O2. The summed E-state index contributed by atoms with van der Waals surface area (Å²) in [4.78, 5) is 19.2. The van der Waals surface area contributed by atoms with E-state index in [9.17, 15) is 9.90 Å². The third-order valence-corrected chi connectivity index (χ3v) is 3.57. The number of phenolic OH excluding ortho intramolecular Hbond substituents is 1. The molecule has 2 N–H and O–H groups in total. The van der Waals surface area contributed by atoms with E-state index in [1.807, 2.05) is 56.3 Å². The van der Waals surface area contributed by atoms with E-state index < -0.39 is 0 Å². The van der Waals surface area contributed by atoms with Crippen LogP contribution in [0.25, 0.3) is 23.2 Å². The first-order valence-electron chi connectivity index (χ1n) is 7.02. The molecule has 3 aromatic rings. The van der Waals surface area contributed by atoms with Gasteiger partial charge < -0.3 is 10.1 Å². The number of nitrogens with one attached hydrogen (secondary N) is 1. The number of aromatic amines is 1. The molecule has 4 nitrogen and oxygen atoms in total. The predicted molar refractivity (Wildman–Crippen MR) is 88.9 cm³/mol. The average molecular weight is 292 g/mol. The summed E-state index contributed by atoms with van der Waals surface area (Å²) in [5, 5.41) is 9.79. The molecule has 0 atom stereocenters. The molecule has 0 aliphatic rings. The lowest BCUT2D eigenvalue weighted by atomic mass is 10.1. The van der Waals surface area contributed by atoms with Crippen molar-refractivity contribution in [2.75, 3.05) is 0 Å². The summed E-state index contributed by atoms with van der Waals surface area (Å²) in [6.45, 7) is 3.70. The smallest absolute Gasteiger partial charge is 0.274 e. The van der Waals surface area contributed by atoms with Gasteiger partial charge in [0.05, 0.1) is 11.0 Å². The molecular weight excluding hydrogens is 276 g/mol. The molecule has 0 unspecified atom stereocenters. The summed E-state index contributed by atoms with van der Waals surface area (Å²) in [7, 11) is 0. The number of rotatable bonds is 2. The van der Waals surface area contributed by atoms with E-state index in [0.717, 1.165) is 27.7 Å². The Balaban J connectivity index is 2.02. The molecule has 0 aliphatic heterocycles. The molecule has 0 fully saturated rings. The van der Waals surface area contributed by atoms with Gasteiger partial charge in [-0.15, -0.1) is 0 Å². The van der Waals surface area contributed by atoms with Gasteiger partial charge >= 0.3 is 0 Å². The molecule has 0 saturated heterocycles. The third-order valence-electron chi connectivity index (χ3n) is 3.57. The van der Waals surface area contributed by atoms with Crippen molar-refractivity contribution in [2.45, 2.75) is 13.8 Å². The maximum absolute atomic E-state index is 12.0. The minimum absolute atomic E-state index is 0.220. The molecule has 0 aliphatic carbocycles. The van der Waals surface area contributed by atoms with Crippen LogP contribution in [0.1, 0.15) is 22.4 Å². The van der Waals surface area contributed by atoms with Gasteiger partial charge in [-0.1, -0.05) is 18.2 Å². The highest BCUT2D eigenvalue weighted by Crippen LogP contribution is 2.23. The summed E-state index contributed by atoms with van der Waals surface area (Å²) in [5.74, 6) is 0.304. The van der Waals surface area contributed by atoms with Crippen molar-refractivity contribution in [3.63, 3.8) is 0 Å². The van der Waals surface area contributed by atoms with Gasteiger partial charge in [-0.25, -0.2) is 4.98 Å². The first-order valence-corrected chi connectivity index (χ1v) is 7.02. The van der Waals surface area contributed by atoms with Gasteiger partial charge in [-0.3, -0.25) is 4.79 Å². The van der Waals surface area contributed by atoms with Crippen LogP contribution in [-0.4, -0.2) is 15.1 Å². The van der Waals surface area contributed by atoms with Crippen LogP contribution in [0.5, 0.6) is 5.75 Å². The predicted octanol–water partition coefficient (Wildman–Crippen LogP) is 3.42. The van der Waals surface area contributed by atoms with Gasteiger partial charge in [0, 0.05) is 0 Å². The normalized spacial score (nSPS) is 11.4. The van der Waals surface area contributed by atoms with Gasteiger partial charge in [0.1, 0.15) is 11.4 Å². The molecule has 1 heterocycles. The highest BCUT2D eigenvalue weighted by molar-refractivity contribution is 5.76. The van der Waals surface area contributed by atoms with Crippen LogP contribution < -0.4 is 5.56 Å². The van der Waals surface area contributed by atoms with Gasteiger partial charge in [-0.2, -0.15) is 0 Å². The molecule has 22 heavy (non-hydrogen) atoms. The van der Waals surface area contributed by atoms with Crippen LogP contribution in [-0.2, 0) is 0 Å². The van der Waals surface area contributed by atoms with E-state index in [1.54, 1.807) is 6.08 Å². The van der Waals surface area contributed by atoms with Crippen molar-refractivity contribution in [1.29, 1.82) is 0 Å². The lowest BCUT2D eigenvalue weighted by Gasteiger charge is -2.04. The Labute approximate surface area is 127 Å². The number of aryl methyl sites for hydroxylation is 2. The van der Waals surface area contributed by atoms with Gasteiger partial charge in [-0.05, 0) is 60.9 Å². The summed E-state index contributed by atoms with van der Waals surface area (Å²) < 4.78 is 0. The number of hydrogen-bond acceptors (Lipinski definition) is 3. The Hall–Kier alpha value is -2.88. The minimum Gasteiger partial charge on any atom is -0.507 e. The SMILES string of the molecule is Cc1cc(/C=C/c2nc3ccccc3[nH]c2=O)cc(C)c1O. The fourth-order valence-electron chi connectivity index (χ4n) is 2.42. The molecule has 0 radical (unpaired) electrons. The second-order valence-corrected chi connectivity index (χ2v) is 5.30. The molecule has 1 aromatic heterocycles. The molecule has 2 aromatic carbocycles. The van der Waals surface area contributed by atoms with E-state index in [-0.39, 0.29) is 5.56 Å². The second-order valence-electron chi connectivity index (χ2n) is 5.30. The van der Waals surface area contributed by atoms with Crippen molar-refractivity contribution < 1.29 is 5.11 Å². The lowest BCUT2D eigenvalue weighted by molar-refractivity contribution is 0.467. The van der Waals surface area contributed by atoms with Crippen molar-refractivity contribution in [1.82, 2.24) is 9.97 Å². The molecule has 3 rings (SSSR count). The topological polar surface area (TPSA) is 66.0 Å². The van der Waals surface area contributed by atoms with Crippen LogP contribution in [0.2, 0.25) is 0 Å². The largest absolute Gasteiger partial charge is 0.507 e. The number of nitrogens with zero attached hydrogens (tertiary/aromatic N) is 1. The van der Waals surface area contributed by atoms with E-state index in [1.165, 1.54) is 0 Å². The molecule has 0 spiro atoms. The number of hydrogen-bond donors (Lipinski definition) is 2. The van der Waals surface area contributed by atoms with Crippen LogP contribution in [0.15, 0.2) is 41.2 Å². The van der Waals surface area contributed by atoms with Crippen molar-refractivity contribution in [3.8, 4) is 5.75 Å². The molecule has 4 heteroatoms. The fourth-order valence-corrected chi connectivity index (χ4v) is 2.42. The van der Waals surface area contributed by atoms with E-state index in [4.69, 9.17) is 0 Å². The number of fused-ring (bicyclic) bond motifs is 1. The van der Waals surface area contributed by atoms with E-state index >= 15 is 0 Å². The fraction of sp³-hybridized carbons (Fsp3) is 0.111. The quantitative estimate of drug-likeness (QED) is 0.760. The van der Waals surface area contributed by atoms with Gasteiger partial charge in [0.2, 0.25) is 0 Å². The van der Waals surface area contributed by atoms with Crippen molar-refractivity contribution in [2.24, 2.45) is 0 Å². The van der Waals surface area contributed by atoms with Crippen LogP contribution in [0.4, 0.5) is 0 Å². The second kappa shape index (κ2) is 5.48. The third kappa shape index (κ3) is 2.63. The number of para-hydroxylation sites is 2. The summed E-state index contributed by atoms with van der Waals surface area (Å²) >= 11 is 0. The van der Waals surface area contributed by atoms with E-state index in [2.05, 4.69) is 9.97 Å². The maximum Gasteiger partial charge on any atom is 0.274 e. The molecule has 0 amide bonds. The lowest BCUT2D eigenvalue weighted by Crippen LogP contribution is -2.11. The monoisotopic (exact) mass is 292 g/mol. The van der Waals surface area contributed by atoms with E-state index in [0.29, 0.717) is 11.4 Å².